The number of benzene rings is 2. The summed E-state index contributed by atoms with van der Waals surface area (Å²) in [5.74, 6) is -0.278. The highest BCUT2D eigenvalue weighted by Crippen LogP contribution is 2.26. The first-order chi connectivity index (χ1) is 11.1. The number of rotatable bonds is 2. The molecule has 0 fully saturated rings. The highest BCUT2D eigenvalue weighted by molar-refractivity contribution is 6.33. The molecule has 0 bridgehead atoms. The van der Waals surface area contributed by atoms with Crippen molar-refractivity contribution in [3.05, 3.63) is 69.2 Å². The van der Waals surface area contributed by atoms with E-state index >= 15 is 0 Å². The fourth-order valence-corrected chi connectivity index (χ4v) is 3.32. The molecule has 0 radical (unpaired) electrons. The van der Waals surface area contributed by atoms with Gasteiger partial charge in [-0.1, -0.05) is 35.4 Å². The van der Waals surface area contributed by atoms with Crippen molar-refractivity contribution in [1.82, 2.24) is 5.43 Å². The average Bonchev–Trinajstić information content (AvgIpc) is 2.53. The van der Waals surface area contributed by atoms with Crippen molar-refractivity contribution in [2.45, 2.75) is 33.1 Å². The van der Waals surface area contributed by atoms with Crippen molar-refractivity contribution >= 4 is 23.2 Å². The maximum Gasteiger partial charge on any atom is 0.272 e. The van der Waals surface area contributed by atoms with Crippen LogP contribution in [0, 0.1) is 13.8 Å². The molecule has 0 spiro atoms. The zero-order valence-electron chi connectivity index (χ0n) is 13.3. The quantitative estimate of drug-likeness (QED) is 0.815. The van der Waals surface area contributed by atoms with E-state index < -0.39 is 0 Å². The molecule has 118 valence electrons. The summed E-state index contributed by atoms with van der Waals surface area (Å²) in [7, 11) is 0. The summed E-state index contributed by atoms with van der Waals surface area (Å²) in [4.78, 5) is 12.3. The van der Waals surface area contributed by atoms with Crippen molar-refractivity contribution in [2.24, 2.45) is 5.10 Å². The lowest BCUT2D eigenvalue weighted by Crippen LogP contribution is -2.22. The summed E-state index contributed by atoms with van der Waals surface area (Å²) in [6.07, 6.45) is 3.00. The molecule has 0 heterocycles. The van der Waals surface area contributed by atoms with Crippen LogP contribution >= 0.6 is 11.6 Å². The third-order valence-corrected chi connectivity index (χ3v) is 4.51. The highest BCUT2D eigenvalue weighted by atomic mass is 35.5. The van der Waals surface area contributed by atoms with E-state index in [0.29, 0.717) is 10.6 Å². The minimum atomic E-state index is -0.278. The number of carbonyl (C=O) groups is 1. The van der Waals surface area contributed by atoms with E-state index in [1.54, 1.807) is 24.3 Å². The van der Waals surface area contributed by atoms with Gasteiger partial charge in [0.2, 0.25) is 0 Å². The molecule has 4 heteroatoms. The predicted molar refractivity (Wildman–Crippen MR) is 94.3 cm³/mol. The Bertz CT molecular complexity index is 796. The first-order valence-corrected chi connectivity index (χ1v) is 8.16. The molecule has 0 atom stereocenters. The molecule has 2 aromatic carbocycles. The molecule has 1 N–H and O–H groups in total. The van der Waals surface area contributed by atoms with E-state index in [9.17, 15) is 4.79 Å². The summed E-state index contributed by atoms with van der Waals surface area (Å²) in [5.41, 5.74) is 9.05. The Kier molecular flexibility index (Phi) is 4.49. The first kappa shape index (κ1) is 15.8. The largest absolute Gasteiger partial charge is 0.272 e. The molecule has 1 amide bonds. The predicted octanol–water partition coefficient (Wildman–Crippen LogP) is 4.43. The molecule has 3 rings (SSSR count). The van der Waals surface area contributed by atoms with E-state index in [-0.39, 0.29) is 5.91 Å². The van der Waals surface area contributed by atoms with Crippen molar-refractivity contribution in [3.63, 3.8) is 0 Å². The number of carbonyl (C=O) groups excluding carboxylic acids is 1. The maximum atomic E-state index is 12.3. The number of nitrogens with zero attached hydrogens (tertiary/aromatic N) is 1. The summed E-state index contributed by atoms with van der Waals surface area (Å²) in [6.45, 7) is 4.22. The Balaban J connectivity index is 1.88. The van der Waals surface area contributed by atoms with Gasteiger partial charge < -0.3 is 0 Å². The molecule has 0 aliphatic heterocycles. The number of halogens is 1. The minimum absolute atomic E-state index is 0.278. The Hall–Kier alpha value is -2.13. The number of amides is 1. The summed E-state index contributed by atoms with van der Waals surface area (Å²) in [6, 6.07) is 11.3. The van der Waals surface area contributed by atoms with Crippen LogP contribution in [-0.4, -0.2) is 11.6 Å². The Morgan fingerprint density at radius 3 is 2.74 bits per heavy atom. The molecule has 0 aromatic heterocycles. The van der Waals surface area contributed by atoms with Gasteiger partial charge in [-0.25, -0.2) is 5.43 Å². The number of hydrogen-bond acceptors (Lipinski definition) is 2. The van der Waals surface area contributed by atoms with Gasteiger partial charge in [-0.05, 0) is 62.4 Å². The zero-order valence-corrected chi connectivity index (χ0v) is 14.1. The summed E-state index contributed by atoms with van der Waals surface area (Å²) in [5, 5.41) is 4.81. The number of fused-ring (bicyclic) bond motifs is 1. The molecule has 3 nitrogen and oxygen atoms in total. The van der Waals surface area contributed by atoms with Crippen LogP contribution in [0.15, 0.2) is 41.5 Å². The van der Waals surface area contributed by atoms with Crippen molar-refractivity contribution in [3.8, 4) is 0 Å². The molecule has 0 unspecified atom stereocenters. The van der Waals surface area contributed by atoms with Crippen molar-refractivity contribution in [1.29, 1.82) is 0 Å². The molecular weight excluding hydrogens is 308 g/mol. The van der Waals surface area contributed by atoms with E-state index in [0.717, 1.165) is 30.5 Å². The van der Waals surface area contributed by atoms with Gasteiger partial charge in [-0.3, -0.25) is 4.79 Å². The molecule has 0 saturated heterocycles. The fraction of sp³-hybridized carbons (Fsp3) is 0.263. The number of hydrazone groups is 1. The molecule has 2 aromatic rings. The van der Waals surface area contributed by atoms with Crippen LogP contribution in [0.5, 0.6) is 0 Å². The van der Waals surface area contributed by atoms with Crippen LogP contribution in [0.3, 0.4) is 0 Å². The van der Waals surface area contributed by atoms with Gasteiger partial charge in [0, 0.05) is 5.56 Å². The fourth-order valence-electron chi connectivity index (χ4n) is 3.09. The molecule has 23 heavy (non-hydrogen) atoms. The molecular formula is C19H19ClN2O. The second-order valence-electron chi connectivity index (χ2n) is 5.94. The maximum absolute atomic E-state index is 12.3. The first-order valence-electron chi connectivity index (χ1n) is 7.78. The van der Waals surface area contributed by atoms with Gasteiger partial charge in [0.1, 0.15) is 0 Å². The summed E-state index contributed by atoms with van der Waals surface area (Å²) >= 11 is 6.05. The van der Waals surface area contributed by atoms with Gasteiger partial charge >= 0.3 is 0 Å². The van der Waals surface area contributed by atoms with E-state index in [1.807, 2.05) is 0 Å². The van der Waals surface area contributed by atoms with Crippen LogP contribution in [0.4, 0.5) is 0 Å². The van der Waals surface area contributed by atoms with Crippen LogP contribution in [-0.2, 0) is 6.42 Å². The SMILES string of the molecule is Cc1cc(C)c2c(c1)/C(=N\NC(=O)c1ccccc1Cl)CCC2. The van der Waals surface area contributed by atoms with E-state index in [4.69, 9.17) is 11.6 Å². The molecule has 1 aliphatic carbocycles. The normalized spacial score (nSPS) is 15.3. The second kappa shape index (κ2) is 6.55. The smallest absolute Gasteiger partial charge is 0.267 e. The number of nitrogens with one attached hydrogen (secondary N) is 1. The number of hydrogen-bond donors (Lipinski definition) is 1. The van der Waals surface area contributed by atoms with Gasteiger partial charge in [0.05, 0.1) is 16.3 Å². The van der Waals surface area contributed by atoms with E-state index in [2.05, 4.69) is 36.5 Å². The van der Waals surface area contributed by atoms with Gasteiger partial charge in [-0.15, -0.1) is 0 Å². The third-order valence-electron chi connectivity index (χ3n) is 4.18. The van der Waals surface area contributed by atoms with E-state index in [1.165, 1.54) is 16.7 Å². The third kappa shape index (κ3) is 3.30. The average molecular weight is 327 g/mol. The minimum Gasteiger partial charge on any atom is -0.267 e. The van der Waals surface area contributed by atoms with Crippen molar-refractivity contribution in [2.75, 3.05) is 0 Å². The standard InChI is InChI=1S/C19H19ClN2O/c1-12-10-13(2)14-7-5-9-18(16(14)11-12)21-22-19(23)15-6-3-4-8-17(15)20/h3-4,6,8,10-11H,5,7,9H2,1-2H3,(H,22,23)/b21-18-. The van der Waals surface area contributed by atoms with Crippen molar-refractivity contribution < 1.29 is 4.79 Å². The zero-order chi connectivity index (χ0) is 16.4. The van der Waals surface area contributed by atoms with Gasteiger partial charge in [-0.2, -0.15) is 5.10 Å². The van der Waals surface area contributed by atoms with Gasteiger partial charge in [0.15, 0.2) is 0 Å². The Labute approximate surface area is 141 Å². The van der Waals surface area contributed by atoms with Crippen LogP contribution in [0.25, 0.3) is 0 Å². The molecule has 0 saturated carbocycles. The Morgan fingerprint density at radius 2 is 1.96 bits per heavy atom. The van der Waals surface area contributed by atoms with Crippen LogP contribution in [0.2, 0.25) is 5.02 Å². The lowest BCUT2D eigenvalue weighted by atomic mass is 9.86. The van der Waals surface area contributed by atoms with Crippen LogP contribution < -0.4 is 5.43 Å². The lowest BCUT2D eigenvalue weighted by Gasteiger charge is -2.20. The Morgan fingerprint density at radius 1 is 1.17 bits per heavy atom. The monoisotopic (exact) mass is 326 g/mol. The van der Waals surface area contributed by atoms with Crippen LogP contribution in [0.1, 0.15) is 45.5 Å². The molecule has 1 aliphatic rings. The topological polar surface area (TPSA) is 41.5 Å². The summed E-state index contributed by atoms with van der Waals surface area (Å²) < 4.78 is 0. The lowest BCUT2D eigenvalue weighted by molar-refractivity contribution is 0.0955. The number of aryl methyl sites for hydroxylation is 2. The van der Waals surface area contributed by atoms with Gasteiger partial charge in [0.25, 0.3) is 5.91 Å². The second-order valence-corrected chi connectivity index (χ2v) is 6.35. The highest BCUT2D eigenvalue weighted by Gasteiger charge is 2.18.